The molecule has 4 saturated carbocycles. The minimum absolute atomic E-state index is 0.586. The van der Waals surface area contributed by atoms with Gasteiger partial charge in [0.1, 0.15) is 0 Å². The summed E-state index contributed by atoms with van der Waals surface area (Å²) in [4.78, 5) is 0. The smallest absolute Gasteiger partial charge is 0.00367 e. The van der Waals surface area contributed by atoms with Crippen molar-refractivity contribution >= 4 is 0 Å². The van der Waals surface area contributed by atoms with E-state index in [1.54, 1.807) is 6.42 Å². The Bertz CT molecular complexity index is 219. The molecule has 4 aliphatic carbocycles. The molecule has 0 aromatic rings. The van der Waals surface area contributed by atoms with Crippen molar-refractivity contribution in [2.45, 2.75) is 38.5 Å². The SMILES string of the molecule is NCC(CN)CC1C2CC3CC(C2)CC1C3. The number of hydrogen-bond acceptors (Lipinski definition) is 2. The van der Waals surface area contributed by atoms with Crippen molar-refractivity contribution in [3.63, 3.8) is 0 Å². The Labute approximate surface area is 99.1 Å². The molecule has 4 fully saturated rings. The summed E-state index contributed by atoms with van der Waals surface area (Å²) in [5, 5.41) is 0. The lowest BCUT2D eigenvalue weighted by Crippen LogP contribution is -2.46. The lowest BCUT2D eigenvalue weighted by Gasteiger charge is -2.55. The van der Waals surface area contributed by atoms with Gasteiger partial charge in [-0.1, -0.05) is 0 Å². The second kappa shape index (κ2) is 4.30. The summed E-state index contributed by atoms with van der Waals surface area (Å²) >= 11 is 0. The van der Waals surface area contributed by atoms with Crippen molar-refractivity contribution in [1.29, 1.82) is 0 Å². The van der Waals surface area contributed by atoms with Gasteiger partial charge in [-0.05, 0) is 87.1 Å². The molecule has 4 aliphatic rings. The molecule has 0 aromatic heterocycles. The fraction of sp³-hybridized carbons (Fsp3) is 1.00. The van der Waals surface area contributed by atoms with Crippen LogP contribution in [-0.4, -0.2) is 13.1 Å². The van der Waals surface area contributed by atoms with E-state index in [2.05, 4.69) is 0 Å². The Morgan fingerprint density at radius 1 is 0.812 bits per heavy atom. The lowest BCUT2D eigenvalue weighted by atomic mass is 9.51. The van der Waals surface area contributed by atoms with Crippen molar-refractivity contribution in [3.8, 4) is 0 Å². The number of rotatable bonds is 4. The topological polar surface area (TPSA) is 52.0 Å². The molecule has 0 heterocycles. The van der Waals surface area contributed by atoms with Crippen LogP contribution in [0.1, 0.15) is 38.5 Å². The van der Waals surface area contributed by atoms with Crippen molar-refractivity contribution in [2.75, 3.05) is 13.1 Å². The quantitative estimate of drug-likeness (QED) is 0.764. The van der Waals surface area contributed by atoms with Gasteiger partial charge in [0, 0.05) is 0 Å². The fourth-order valence-corrected chi connectivity index (χ4v) is 5.10. The van der Waals surface area contributed by atoms with Gasteiger partial charge < -0.3 is 11.5 Å². The van der Waals surface area contributed by atoms with Gasteiger partial charge in [-0.3, -0.25) is 0 Å². The molecule has 4 bridgehead atoms. The predicted octanol–water partition coefficient (Wildman–Crippen LogP) is 1.98. The second-order valence-corrected chi connectivity index (χ2v) is 6.67. The highest BCUT2D eigenvalue weighted by Gasteiger charge is 2.48. The van der Waals surface area contributed by atoms with Crippen molar-refractivity contribution in [2.24, 2.45) is 47.0 Å². The number of nitrogens with two attached hydrogens (primary N) is 2. The van der Waals surface area contributed by atoms with E-state index in [0.717, 1.165) is 42.7 Å². The second-order valence-electron chi connectivity index (χ2n) is 6.67. The van der Waals surface area contributed by atoms with Gasteiger partial charge in [0.25, 0.3) is 0 Å². The normalized spacial score (nSPS) is 45.6. The van der Waals surface area contributed by atoms with Crippen LogP contribution in [0.2, 0.25) is 0 Å². The predicted molar refractivity (Wildman–Crippen MR) is 66.8 cm³/mol. The molecule has 0 aromatic carbocycles. The minimum atomic E-state index is 0.586. The minimum Gasteiger partial charge on any atom is -0.330 e. The van der Waals surface area contributed by atoms with E-state index in [-0.39, 0.29) is 0 Å². The first-order valence-electron chi connectivity index (χ1n) is 7.20. The average molecular weight is 222 g/mol. The molecule has 0 amide bonds. The van der Waals surface area contributed by atoms with Crippen LogP contribution < -0.4 is 11.5 Å². The molecule has 0 atom stereocenters. The van der Waals surface area contributed by atoms with Crippen LogP contribution >= 0.6 is 0 Å². The highest BCUT2D eigenvalue weighted by Crippen LogP contribution is 2.57. The number of hydrogen-bond donors (Lipinski definition) is 2. The standard InChI is InChI=1S/C14H26N2/c15-7-11(8-16)6-14-12-2-9-1-10(4-12)5-13(14)3-9/h9-14H,1-8,15-16H2. The Hall–Kier alpha value is -0.0800. The zero-order valence-electron chi connectivity index (χ0n) is 10.3. The first kappa shape index (κ1) is 11.0. The summed E-state index contributed by atoms with van der Waals surface area (Å²) in [6.45, 7) is 1.58. The van der Waals surface area contributed by atoms with Crippen molar-refractivity contribution in [3.05, 3.63) is 0 Å². The van der Waals surface area contributed by atoms with Crippen molar-refractivity contribution < 1.29 is 0 Å². The van der Waals surface area contributed by atoms with Crippen molar-refractivity contribution in [1.82, 2.24) is 0 Å². The lowest BCUT2D eigenvalue weighted by molar-refractivity contribution is -0.0448. The van der Waals surface area contributed by atoms with Gasteiger partial charge >= 0.3 is 0 Å². The van der Waals surface area contributed by atoms with E-state index < -0.39 is 0 Å². The molecule has 0 unspecified atom stereocenters. The molecule has 92 valence electrons. The molecule has 2 heteroatoms. The Kier molecular flexibility index (Phi) is 2.97. The van der Waals surface area contributed by atoms with Crippen LogP contribution in [0.15, 0.2) is 0 Å². The highest BCUT2D eigenvalue weighted by molar-refractivity contribution is 4.98. The van der Waals surface area contributed by atoms with E-state index >= 15 is 0 Å². The van der Waals surface area contributed by atoms with Crippen LogP contribution in [0, 0.1) is 35.5 Å². The summed E-state index contributed by atoms with van der Waals surface area (Å²) in [7, 11) is 0. The monoisotopic (exact) mass is 222 g/mol. The summed E-state index contributed by atoms with van der Waals surface area (Å²) < 4.78 is 0. The largest absolute Gasteiger partial charge is 0.330 e. The third-order valence-corrected chi connectivity index (χ3v) is 5.69. The summed E-state index contributed by atoms with van der Waals surface area (Å²) in [5.41, 5.74) is 11.6. The molecule has 0 spiro atoms. The molecular weight excluding hydrogens is 196 g/mol. The summed E-state index contributed by atoms with van der Waals surface area (Å²) in [5.74, 6) is 5.82. The van der Waals surface area contributed by atoms with E-state index in [9.17, 15) is 0 Å². The van der Waals surface area contributed by atoms with E-state index in [1.807, 2.05) is 0 Å². The van der Waals surface area contributed by atoms with Crippen LogP contribution in [0.3, 0.4) is 0 Å². The van der Waals surface area contributed by atoms with Gasteiger partial charge in [0.2, 0.25) is 0 Å². The first-order valence-corrected chi connectivity index (χ1v) is 7.20. The zero-order valence-corrected chi connectivity index (χ0v) is 10.3. The first-order chi connectivity index (χ1) is 7.80. The maximum Gasteiger partial charge on any atom is -0.00367 e. The van der Waals surface area contributed by atoms with Gasteiger partial charge in [-0.25, -0.2) is 0 Å². The van der Waals surface area contributed by atoms with Crippen LogP contribution in [-0.2, 0) is 0 Å². The molecular formula is C14H26N2. The van der Waals surface area contributed by atoms with E-state index in [4.69, 9.17) is 11.5 Å². The molecule has 0 aliphatic heterocycles. The Morgan fingerprint density at radius 3 is 1.75 bits per heavy atom. The molecule has 16 heavy (non-hydrogen) atoms. The summed E-state index contributed by atoms with van der Waals surface area (Å²) in [6, 6.07) is 0. The molecule has 4 rings (SSSR count). The zero-order chi connectivity index (χ0) is 11.1. The van der Waals surface area contributed by atoms with E-state index in [1.165, 1.54) is 32.1 Å². The third kappa shape index (κ3) is 1.80. The van der Waals surface area contributed by atoms with E-state index in [0.29, 0.717) is 5.92 Å². The maximum atomic E-state index is 5.81. The van der Waals surface area contributed by atoms with Crippen LogP contribution in [0.5, 0.6) is 0 Å². The average Bonchev–Trinajstić information content (AvgIpc) is 2.28. The Morgan fingerprint density at radius 2 is 1.31 bits per heavy atom. The molecule has 4 N–H and O–H groups in total. The van der Waals surface area contributed by atoms with Gasteiger partial charge in [-0.15, -0.1) is 0 Å². The fourth-order valence-electron chi connectivity index (χ4n) is 5.10. The Balaban J connectivity index is 1.67. The van der Waals surface area contributed by atoms with Crippen LogP contribution in [0.25, 0.3) is 0 Å². The highest BCUT2D eigenvalue weighted by atomic mass is 14.6. The molecule has 0 saturated heterocycles. The molecule has 2 nitrogen and oxygen atoms in total. The van der Waals surface area contributed by atoms with Gasteiger partial charge in [0.05, 0.1) is 0 Å². The third-order valence-electron chi connectivity index (χ3n) is 5.69. The molecule has 0 radical (unpaired) electrons. The van der Waals surface area contributed by atoms with Gasteiger partial charge in [0.15, 0.2) is 0 Å². The maximum absolute atomic E-state index is 5.81. The summed E-state index contributed by atoms with van der Waals surface area (Å²) in [6.07, 6.45) is 8.98. The van der Waals surface area contributed by atoms with Crippen LogP contribution in [0.4, 0.5) is 0 Å². The van der Waals surface area contributed by atoms with Gasteiger partial charge in [-0.2, -0.15) is 0 Å².